The molecular formula is C98H86N4O2Se. The van der Waals surface area contributed by atoms with Crippen LogP contribution in [0.4, 0.5) is 11.4 Å². The molecule has 0 radical (unpaired) electrons. The molecule has 4 aliphatic rings. The van der Waals surface area contributed by atoms with E-state index in [1.165, 1.54) is 0 Å². The predicted octanol–water partition coefficient (Wildman–Crippen LogP) is 22.8. The van der Waals surface area contributed by atoms with Crippen molar-refractivity contribution in [1.29, 1.82) is 0 Å². The number of aryl methyl sites for hydroxylation is 8. The summed E-state index contributed by atoms with van der Waals surface area (Å²) < 4.78 is 39.3. The van der Waals surface area contributed by atoms with Crippen molar-refractivity contribution in [3.63, 3.8) is 0 Å². The molecule has 0 spiro atoms. The van der Waals surface area contributed by atoms with E-state index in [4.69, 9.17) is 0 Å². The molecule has 2 atom stereocenters. The second-order valence-corrected chi connectivity index (χ2v) is 33.1. The van der Waals surface area contributed by atoms with Crippen molar-refractivity contribution in [1.82, 2.24) is 9.80 Å². The first kappa shape index (κ1) is 67.9. The maximum absolute atomic E-state index is 19.7. The summed E-state index contributed by atoms with van der Waals surface area (Å²) >= 11 is -6.26. The van der Waals surface area contributed by atoms with Gasteiger partial charge in [0.1, 0.15) is 0 Å². The van der Waals surface area contributed by atoms with Gasteiger partial charge in [0.2, 0.25) is 0 Å². The summed E-state index contributed by atoms with van der Waals surface area (Å²) in [5, 5.41) is -2.79. The molecule has 0 bridgehead atoms. The van der Waals surface area contributed by atoms with Gasteiger partial charge >= 0.3 is 626 Å². The van der Waals surface area contributed by atoms with Gasteiger partial charge in [0.25, 0.3) is 0 Å². The zero-order valence-electron chi connectivity index (χ0n) is 60.8. The molecule has 0 aromatic heterocycles. The Morgan fingerprint density at radius 1 is 0.286 bits per heavy atom. The Morgan fingerprint density at radius 3 is 0.714 bits per heavy atom. The maximum atomic E-state index is 19.7. The minimum atomic E-state index is -6.26. The van der Waals surface area contributed by atoms with E-state index in [2.05, 4.69) is 415 Å². The van der Waals surface area contributed by atoms with Crippen LogP contribution in [0, 0.1) is 55.4 Å². The van der Waals surface area contributed by atoms with Gasteiger partial charge in [-0.15, -0.1) is 0 Å². The summed E-state index contributed by atoms with van der Waals surface area (Å²) in [4.78, 5) is 8.91. The summed E-state index contributed by atoms with van der Waals surface area (Å²) in [5.74, 6) is -1.45. The number of rotatable bonds is 18. The molecule has 0 N–H and O–H groups in total. The van der Waals surface area contributed by atoms with Crippen molar-refractivity contribution in [2.24, 2.45) is 0 Å². The molecule has 12 aromatic carbocycles. The van der Waals surface area contributed by atoms with Crippen molar-refractivity contribution in [3.8, 4) is 0 Å². The Kier molecular flexibility index (Phi) is 18.5. The number of hydrogen-bond acceptors (Lipinski definition) is 6. The van der Waals surface area contributed by atoms with Crippen LogP contribution in [0.3, 0.4) is 0 Å². The molecular weight excluding hydrogens is 1340 g/mol. The van der Waals surface area contributed by atoms with E-state index in [0.717, 1.165) is 157 Å². The van der Waals surface area contributed by atoms with E-state index in [1.54, 1.807) is 0 Å². The van der Waals surface area contributed by atoms with Crippen molar-refractivity contribution in [2.75, 3.05) is 9.80 Å². The average Bonchev–Trinajstić information content (AvgIpc) is 1.55. The number of benzene rings is 12. The topological polar surface area (TPSA) is 47.1 Å². The molecule has 7 heteroatoms. The third-order valence-corrected chi connectivity index (χ3v) is 25.8. The third-order valence-electron chi connectivity index (χ3n) is 21.5. The van der Waals surface area contributed by atoms with Crippen LogP contribution in [0.2, 0.25) is 0 Å². The van der Waals surface area contributed by atoms with E-state index < -0.39 is 22.8 Å². The zero-order valence-corrected chi connectivity index (χ0v) is 62.5. The molecule has 16 rings (SSSR count). The summed E-state index contributed by atoms with van der Waals surface area (Å²) in [6.07, 6.45) is 17.2. The molecule has 6 nitrogen and oxygen atoms in total. The summed E-state index contributed by atoms with van der Waals surface area (Å²) in [5.41, 5.74) is 28.2. The Balaban J connectivity index is 1.06. The number of anilines is 2. The van der Waals surface area contributed by atoms with E-state index in [9.17, 15) is 0 Å². The van der Waals surface area contributed by atoms with E-state index in [0.29, 0.717) is 0 Å². The van der Waals surface area contributed by atoms with Crippen LogP contribution in [-0.4, -0.2) is 32.6 Å². The molecule has 4 aliphatic heterocycles. The van der Waals surface area contributed by atoms with Gasteiger partial charge in [-0.3, -0.25) is 0 Å². The normalized spacial score (nSPS) is 15.5. The van der Waals surface area contributed by atoms with Gasteiger partial charge in [0.15, 0.2) is 0 Å². The first-order valence-corrected chi connectivity index (χ1v) is 40.0. The van der Waals surface area contributed by atoms with E-state index in [1.807, 2.05) is 0 Å². The molecule has 4 heterocycles. The van der Waals surface area contributed by atoms with Gasteiger partial charge in [0.05, 0.1) is 0 Å². The fourth-order valence-corrected chi connectivity index (χ4v) is 22.3. The number of hydrogen-bond donors (Lipinski definition) is 0. The SMILES string of the molecule is Cc1cc(C)c(C2=CC=CC3=CN(c4c(C(c5ccccc5)c5ccccc5)cc(C)cc4C(c4ccccc4)c4ccccc4)C([Se](=O)(=O)C4N5C(=CN4c4c(C(c6ccccc6)c6ccccc6)cc(C)cc4C(c4ccccc4)c4ccccc4)C=CC=C5c4c(C)cc(C)cc4C)N32)c(C)c1. The molecule has 516 valence electrons. The average molecular weight is 1430 g/mol. The van der Waals surface area contributed by atoms with Gasteiger partial charge in [0, 0.05) is 0 Å². The first-order valence-electron chi connectivity index (χ1n) is 36.6. The molecule has 0 fully saturated rings. The molecule has 12 aromatic rings. The van der Waals surface area contributed by atoms with Crippen LogP contribution in [-0.2, 0) is 7.67 Å². The van der Waals surface area contributed by atoms with Crippen LogP contribution in [0.15, 0.2) is 351 Å². The standard InChI is InChI=1S/C98H86N4O2Se/c1-65-55-69(5)89(70(6)56-65)87-53-33-51-81-63-99(95-83(91(73-35-17-9-18-36-73)74-37-19-10-20-38-74)59-67(3)60-84(95)92(75-39-21-11-22-40-75)76-41-23-12-24-42-76)97(101(81)87)105(103,104)98-100(64-82-52-34-54-88(102(82)98)90-71(7)57-66(2)58-72(90)8)96-85(93(77-43-25-13-26-44-77)78-45-27-14-28-46-78)61-68(4)62-86(96)94(79-47-29-15-30-48-79)80-49-31-16-32-50-80/h9-64,91-94,97-98H,1-8H3. The van der Waals surface area contributed by atoms with Crippen LogP contribution < -0.4 is 9.80 Å². The van der Waals surface area contributed by atoms with Gasteiger partial charge < -0.3 is 0 Å². The Hall–Kier alpha value is -11.6. The molecule has 2 unspecified atom stereocenters. The Bertz CT molecular complexity index is 4800. The number of nitrogens with zero attached hydrogens (tertiary/aromatic N) is 4. The molecule has 0 aliphatic carbocycles. The van der Waals surface area contributed by atoms with Gasteiger partial charge in [-0.2, -0.15) is 0 Å². The van der Waals surface area contributed by atoms with Crippen molar-refractivity contribution in [2.45, 2.75) is 89.2 Å². The quantitative estimate of drug-likeness (QED) is 0.0630. The van der Waals surface area contributed by atoms with Gasteiger partial charge in [-0.05, 0) is 0 Å². The number of fused-ring (bicyclic) bond motifs is 2. The predicted molar refractivity (Wildman–Crippen MR) is 433 cm³/mol. The van der Waals surface area contributed by atoms with Crippen molar-refractivity contribution >= 4 is 35.5 Å². The summed E-state index contributed by atoms with van der Waals surface area (Å²) in [6.45, 7) is 17.4. The van der Waals surface area contributed by atoms with E-state index in [-0.39, 0.29) is 23.7 Å². The third kappa shape index (κ3) is 12.6. The molecule has 0 saturated carbocycles. The first-order chi connectivity index (χ1) is 51.2. The zero-order chi connectivity index (χ0) is 72.0. The number of allylic oxidation sites excluding steroid dienone is 6. The Morgan fingerprint density at radius 2 is 0.495 bits per heavy atom. The van der Waals surface area contributed by atoms with Crippen molar-refractivity contribution in [3.05, 3.63) is 474 Å². The van der Waals surface area contributed by atoms with Crippen LogP contribution in [0.5, 0.6) is 0 Å². The second kappa shape index (κ2) is 28.6. The Labute approximate surface area is 621 Å². The van der Waals surface area contributed by atoms with Crippen LogP contribution in [0.1, 0.15) is 146 Å². The molecule has 105 heavy (non-hydrogen) atoms. The van der Waals surface area contributed by atoms with Crippen LogP contribution >= 0.6 is 0 Å². The molecule has 0 amide bonds. The summed E-state index contributed by atoms with van der Waals surface area (Å²) in [6, 6.07) is 105. The second-order valence-electron chi connectivity index (χ2n) is 28.9. The minimum absolute atomic E-state index is 0.363. The van der Waals surface area contributed by atoms with Gasteiger partial charge in [-0.1, -0.05) is 0 Å². The summed E-state index contributed by atoms with van der Waals surface area (Å²) in [7, 11) is 0. The molecule has 0 saturated heterocycles. The fourth-order valence-electron chi connectivity index (χ4n) is 17.6. The fraction of sp³-hybridized carbons (Fsp3) is 0.143. The van der Waals surface area contributed by atoms with Crippen LogP contribution in [0.25, 0.3) is 11.4 Å². The van der Waals surface area contributed by atoms with Gasteiger partial charge in [-0.25, -0.2) is 0 Å². The van der Waals surface area contributed by atoms with E-state index >= 15 is 7.67 Å². The monoisotopic (exact) mass is 1430 g/mol. The van der Waals surface area contributed by atoms with Crippen molar-refractivity contribution < 1.29 is 7.67 Å².